The van der Waals surface area contributed by atoms with Gasteiger partial charge in [-0.05, 0) is 41.1 Å². The molecule has 0 amide bonds. The molecule has 0 spiro atoms. The molecule has 6 heteroatoms. The summed E-state index contributed by atoms with van der Waals surface area (Å²) in [6.45, 7) is 1.79. The summed E-state index contributed by atoms with van der Waals surface area (Å²) in [5.41, 5.74) is 2.57. The minimum absolute atomic E-state index is 0.192. The summed E-state index contributed by atoms with van der Waals surface area (Å²) in [5, 5.41) is 2.11. The topological polar surface area (TPSA) is 38.8 Å². The summed E-state index contributed by atoms with van der Waals surface area (Å²) in [6.07, 6.45) is 2.74. The van der Waals surface area contributed by atoms with Crippen molar-refractivity contribution in [3.8, 4) is 11.5 Å². The van der Waals surface area contributed by atoms with Crippen molar-refractivity contribution in [2.24, 2.45) is 0 Å². The molecule has 2 atom stereocenters. The smallest absolute Gasteiger partial charge is 0.161 e. The van der Waals surface area contributed by atoms with Crippen LogP contribution < -0.4 is 9.47 Å². The summed E-state index contributed by atoms with van der Waals surface area (Å²) < 4.78 is 22.5. The third-order valence-corrected chi connectivity index (χ3v) is 6.13. The Kier molecular flexibility index (Phi) is 5.58. The number of hydrogen-bond donors (Lipinski definition) is 0. The van der Waals surface area contributed by atoms with Crippen molar-refractivity contribution < 1.29 is 13.7 Å². The Morgan fingerprint density at radius 3 is 2.67 bits per heavy atom. The second kappa shape index (κ2) is 7.68. The second-order valence-corrected chi connectivity index (χ2v) is 8.42. The molecule has 0 aliphatic carbocycles. The zero-order chi connectivity index (χ0) is 17.1. The third kappa shape index (κ3) is 3.50. The molecular weight excluding hydrogens is 342 g/mol. The fourth-order valence-corrected chi connectivity index (χ4v) is 4.63. The van der Waals surface area contributed by atoms with Gasteiger partial charge in [0.25, 0.3) is 0 Å². The standard InChI is InChI=1S/C18H23NO3S2/c1-21-15-11-13-6-7-19(8-10-24(3)20)18(17-5-4-9-23-17)14(13)12-16(15)22-2/h4-5,9,11-12,18H,6-8,10H2,1-3H3/t18-,24+/m0/s1. The van der Waals surface area contributed by atoms with E-state index in [0.29, 0.717) is 5.75 Å². The molecule has 24 heavy (non-hydrogen) atoms. The molecule has 2 heterocycles. The first-order valence-corrected chi connectivity index (χ1v) is 10.6. The molecule has 0 fully saturated rings. The lowest BCUT2D eigenvalue weighted by Crippen LogP contribution is -2.38. The molecule has 1 aliphatic rings. The molecule has 2 aromatic rings. The molecule has 130 valence electrons. The number of ether oxygens (including phenoxy) is 2. The van der Waals surface area contributed by atoms with Gasteiger partial charge < -0.3 is 9.47 Å². The first-order chi connectivity index (χ1) is 11.6. The molecular formula is C18H23NO3S2. The van der Waals surface area contributed by atoms with Gasteiger partial charge in [0, 0.05) is 40.8 Å². The average molecular weight is 366 g/mol. The highest BCUT2D eigenvalue weighted by Gasteiger charge is 2.30. The lowest BCUT2D eigenvalue weighted by atomic mass is 9.91. The van der Waals surface area contributed by atoms with Gasteiger partial charge in [0.2, 0.25) is 0 Å². The Bertz CT molecular complexity index is 715. The summed E-state index contributed by atoms with van der Waals surface area (Å²) in [5.74, 6) is 2.24. The highest BCUT2D eigenvalue weighted by molar-refractivity contribution is 7.84. The lowest BCUT2D eigenvalue weighted by Gasteiger charge is -2.37. The number of fused-ring (bicyclic) bond motifs is 1. The van der Waals surface area contributed by atoms with E-state index in [0.717, 1.165) is 31.0 Å². The number of benzene rings is 1. The maximum atomic E-state index is 11.6. The van der Waals surface area contributed by atoms with E-state index in [4.69, 9.17) is 9.47 Å². The van der Waals surface area contributed by atoms with Crippen LogP contribution in [0.3, 0.4) is 0 Å². The van der Waals surface area contributed by atoms with E-state index >= 15 is 0 Å². The van der Waals surface area contributed by atoms with Gasteiger partial charge in [0.1, 0.15) is 0 Å². The van der Waals surface area contributed by atoms with Crippen molar-refractivity contribution >= 4 is 22.1 Å². The van der Waals surface area contributed by atoms with Gasteiger partial charge in [0.15, 0.2) is 11.5 Å². The normalized spacial score (nSPS) is 18.9. The molecule has 1 aliphatic heterocycles. The van der Waals surface area contributed by atoms with Crippen LogP contribution in [0, 0.1) is 0 Å². The Labute approximate surface area is 149 Å². The lowest BCUT2D eigenvalue weighted by molar-refractivity contribution is 0.228. The summed E-state index contributed by atoms with van der Waals surface area (Å²) >= 11 is 1.76. The Morgan fingerprint density at radius 2 is 2.04 bits per heavy atom. The van der Waals surface area contributed by atoms with E-state index in [1.54, 1.807) is 31.8 Å². The van der Waals surface area contributed by atoms with Gasteiger partial charge in [-0.1, -0.05) is 6.07 Å². The van der Waals surface area contributed by atoms with Gasteiger partial charge in [-0.25, -0.2) is 0 Å². The summed E-state index contributed by atoms with van der Waals surface area (Å²) in [4.78, 5) is 3.74. The number of hydrogen-bond acceptors (Lipinski definition) is 5. The maximum absolute atomic E-state index is 11.6. The average Bonchev–Trinajstić information content (AvgIpc) is 3.12. The van der Waals surface area contributed by atoms with Crippen LogP contribution in [-0.2, 0) is 17.2 Å². The number of nitrogens with zero attached hydrogens (tertiary/aromatic N) is 1. The summed E-state index contributed by atoms with van der Waals surface area (Å²) in [7, 11) is 2.56. The van der Waals surface area contributed by atoms with Crippen molar-refractivity contribution in [3.63, 3.8) is 0 Å². The monoisotopic (exact) mass is 365 g/mol. The molecule has 0 radical (unpaired) electrons. The fraction of sp³-hybridized carbons (Fsp3) is 0.444. The summed E-state index contributed by atoms with van der Waals surface area (Å²) in [6, 6.07) is 8.66. The van der Waals surface area contributed by atoms with Gasteiger partial charge in [0.05, 0.1) is 20.3 Å². The van der Waals surface area contributed by atoms with Gasteiger partial charge in [-0.3, -0.25) is 9.11 Å². The zero-order valence-corrected chi connectivity index (χ0v) is 15.9. The van der Waals surface area contributed by atoms with Crippen molar-refractivity contribution in [3.05, 3.63) is 45.6 Å². The number of methoxy groups -OCH3 is 2. The number of rotatable bonds is 6. The minimum Gasteiger partial charge on any atom is -0.493 e. The second-order valence-electron chi connectivity index (χ2n) is 5.89. The van der Waals surface area contributed by atoms with Crippen molar-refractivity contribution in [2.75, 3.05) is 39.3 Å². The van der Waals surface area contributed by atoms with Gasteiger partial charge in [-0.2, -0.15) is 0 Å². The van der Waals surface area contributed by atoms with Gasteiger partial charge in [-0.15, -0.1) is 11.3 Å². The van der Waals surface area contributed by atoms with Crippen molar-refractivity contribution in [1.29, 1.82) is 0 Å². The zero-order valence-electron chi connectivity index (χ0n) is 14.3. The van der Waals surface area contributed by atoms with E-state index in [9.17, 15) is 4.21 Å². The number of thiophene rings is 1. The molecule has 1 aromatic heterocycles. The predicted octanol–water partition coefficient (Wildman–Crippen LogP) is 3.09. The van der Waals surface area contributed by atoms with Crippen LogP contribution in [0.1, 0.15) is 22.0 Å². The third-order valence-electron chi connectivity index (χ3n) is 4.45. The van der Waals surface area contributed by atoms with Crippen molar-refractivity contribution in [1.82, 2.24) is 4.90 Å². The van der Waals surface area contributed by atoms with Crippen LogP contribution in [0.15, 0.2) is 29.6 Å². The predicted molar refractivity (Wildman–Crippen MR) is 99.9 cm³/mol. The van der Waals surface area contributed by atoms with E-state index in [1.165, 1.54) is 16.0 Å². The first-order valence-electron chi connectivity index (χ1n) is 7.96. The van der Waals surface area contributed by atoms with Crippen LogP contribution in [0.25, 0.3) is 0 Å². The van der Waals surface area contributed by atoms with Gasteiger partial charge >= 0.3 is 0 Å². The largest absolute Gasteiger partial charge is 0.493 e. The SMILES string of the molecule is COc1cc2c(cc1OC)[C@@H](c1cccs1)N(CC[S@@](C)=O)CC2. The fourth-order valence-electron chi connectivity index (χ4n) is 3.26. The highest BCUT2D eigenvalue weighted by Crippen LogP contribution is 2.41. The highest BCUT2D eigenvalue weighted by atomic mass is 32.2. The molecule has 4 nitrogen and oxygen atoms in total. The van der Waals surface area contributed by atoms with E-state index < -0.39 is 10.8 Å². The van der Waals surface area contributed by atoms with Crippen molar-refractivity contribution in [2.45, 2.75) is 12.5 Å². The van der Waals surface area contributed by atoms with Crippen LogP contribution in [0.2, 0.25) is 0 Å². The van der Waals surface area contributed by atoms with Crippen LogP contribution in [0.5, 0.6) is 11.5 Å². The van der Waals surface area contributed by atoms with Crippen LogP contribution in [-0.4, -0.2) is 48.4 Å². The van der Waals surface area contributed by atoms with Crippen LogP contribution >= 0.6 is 11.3 Å². The van der Waals surface area contributed by atoms with E-state index in [1.807, 2.05) is 0 Å². The van der Waals surface area contributed by atoms with E-state index in [2.05, 4.69) is 34.5 Å². The molecule has 0 bridgehead atoms. The molecule has 0 N–H and O–H groups in total. The first kappa shape index (κ1) is 17.5. The minimum atomic E-state index is -0.781. The van der Waals surface area contributed by atoms with E-state index in [-0.39, 0.29) is 6.04 Å². The Morgan fingerprint density at radius 1 is 1.29 bits per heavy atom. The molecule has 0 saturated carbocycles. The molecule has 0 unspecified atom stereocenters. The Hall–Kier alpha value is -1.37. The Balaban J connectivity index is 2.03. The molecule has 0 saturated heterocycles. The van der Waals surface area contributed by atoms with Crippen LogP contribution in [0.4, 0.5) is 0 Å². The molecule has 1 aromatic carbocycles. The quantitative estimate of drug-likeness (QED) is 0.789. The molecule has 3 rings (SSSR count). The maximum Gasteiger partial charge on any atom is 0.161 e.